The summed E-state index contributed by atoms with van der Waals surface area (Å²) < 4.78 is 22.7. The summed E-state index contributed by atoms with van der Waals surface area (Å²) in [5.74, 6) is -0.953. The van der Waals surface area contributed by atoms with E-state index in [-0.39, 0.29) is 24.3 Å². The van der Waals surface area contributed by atoms with Crippen LogP contribution in [0.15, 0.2) is 35.9 Å². The summed E-state index contributed by atoms with van der Waals surface area (Å²) >= 11 is 6.65. The molecule has 6 unspecified atom stereocenters. The standard InChI is InChI=1S/C30H41ClN2O7/c1-17-10-8-9-11-22-15-24(40-30(36)32-22)18(2)29(38-7)19(3)25(39-20(4)34)16-27(35)33(5)23-13-21(12-17)14-26(37-6)28(23)31/h8-10,13-14,18-19,22,24-25,29H,11-12,15-16H2,1-7H3,(H,32,36)/b9-8+,17-10+. The smallest absolute Gasteiger partial charge is 0.407 e. The Morgan fingerprint density at radius 2 is 1.90 bits per heavy atom. The number of hydrogen-bond donors (Lipinski definition) is 1. The zero-order valence-electron chi connectivity index (χ0n) is 24.4. The first-order chi connectivity index (χ1) is 18.9. The zero-order chi connectivity index (χ0) is 29.6. The van der Waals surface area contributed by atoms with E-state index in [9.17, 15) is 14.4 Å². The molecule has 9 nitrogen and oxygen atoms in total. The number of methoxy groups -OCH3 is 2. The molecule has 0 radical (unpaired) electrons. The molecule has 0 aromatic heterocycles. The van der Waals surface area contributed by atoms with Gasteiger partial charge in [-0.1, -0.05) is 49.2 Å². The normalized spacial score (nSPS) is 30.4. The highest BCUT2D eigenvalue weighted by Gasteiger charge is 2.40. The number of fused-ring (bicyclic) bond motifs is 4. The molecule has 0 spiro atoms. The number of hydrogen-bond acceptors (Lipinski definition) is 7. The molecule has 1 aromatic rings. The molecule has 2 aliphatic rings. The van der Waals surface area contributed by atoms with Crippen molar-refractivity contribution in [3.63, 3.8) is 0 Å². The van der Waals surface area contributed by atoms with E-state index < -0.39 is 36.3 Å². The summed E-state index contributed by atoms with van der Waals surface area (Å²) in [5, 5.41) is 3.22. The summed E-state index contributed by atoms with van der Waals surface area (Å²) in [7, 11) is 4.75. The number of anilines is 1. The van der Waals surface area contributed by atoms with E-state index in [1.807, 2.05) is 51.1 Å². The molecular formula is C30H41ClN2O7. The maximum absolute atomic E-state index is 13.6. The van der Waals surface area contributed by atoms with Crippen LogP contribution in [-0.2, 0) is 30.2 Å². The van der Waals surface area contributed by atoms with Crippen LogP contribution < -0.4 is 15.0 Å². The minimum Gasteiger partial charge on any atom is -0.495 e. The lowest BCUT2D eigenvalue weighted by molar-refractivity contribution is -0.155. The van der Waals surface area contributed by atoms with Crippen molar-refractivity contribution in [3.8, 4) is 5.75 Å². The third-order valence-corrected chi connectivity index (χ3v) is 8.11. The molecule has 0 saturated carbocycles. The van der Waals surface area contributed by atoms with Gasteiger partial charge in [0.25, 0.3) is 0 Å². The lowest BCUT2D eigenvalue weighted by Gasteiger charge is -2.39. The van der Waals surface area contributed by atoms with E-state index in [4.69, 9.17) is 30.5 Å². The molecular weight excluding hydrogens is 536 g/mol. The quantitative estimate of drug-likeness (QED) is 0.491. The highest BCUT2D eigenvalue weighted by molar-refractivity contribution is 6.35. The van der Waals surface area contributed by atoms with Crippen molar-refractivity contribution in [2.45, 2.75) is 77.7 Å². The van der Waals surface area contributed by atoms with E-state index in [1.54, 1.807) is 14.2 Å². The fraction of sp³-hybridized carbons (Fsp3) is 0.567. The van der Waals surface area contributed by atoms with Crippen LogP contribution in [0, 0.1) is 11.8 Å². The van der Waals surface area contributed by atoms with Crippen molar-refractivity contribution in [2.24, 2.45) is 11.8 Å². The van der Waals surface area contributed by atoms with Gasteiger partial charge in [0.15, 0.2) is 0 Å². The first-order valence-corrected chi connectivity index (χ1v) is 13.9. The molecule has 1 N–H and O–H groups in total. The van der Waals surface area contributed by atoms with Gasteiger partial charge in [-0.15, -0.1) is 0 Å². The topological polar surface area (TPSA) is 103 Å². The lowest BCUT2D eigenvalue weighted by atomic mass is 9.82. The third-order valence-electron chi connectivity index (χ3n) is 7.73. The summed E-state index contributed by atoms with van der Waals surface area (Å²) in [5.41, 5.74) is 2.52. The second-order valence-electron chi connectivity index (χ2n) is 10.7. The Balaban J connectivity index is 2.06. The number of halogens is 1. The maximum Gasteiger partial charge on any atom is 0.407 e. The van der Waals surface area contributed by atoms with Crippen LogP contribution in [-0.4, -0.2) is 63.6 Å². The first-order valence-electron chi connectivity index (χ1n) is 13.6. The van der Waals surface area contributed by atoms with E-state index in [1.165, 1.54) is 18.9 Å². The minimum atomic E-state index is -0.785. The van der Waals surface area contributed by atoms with Gasteiger partial charge in [0.05, 0.1) is 25.3 Å². The molecule has 40 heavy (non-hydrogen) atoms. The number of benzene rings is 1. The number of alkyl carbamates (subject to hydrolysis) is 1. The second kappa shape index (κ2) is 14.0. The van der Waals surface area contributed by atoms with E-state index in [0.717, 1.165) is 11.1 Å². The van der Waals surface area contributed by atoms with Crippen LogP contribution in [0.4, 0.5) is 10.5 Å². The third kappa shape index (κ3) is 7.79. The van der Waals surface area contributed by atoms with Gasteiger partial charge in [0.2, 0.25) is 5.91 Å². The highest BCUT2D eigenvalue weighted by Crippen LogP contribution is 2.37. The molecule has 6 atom stereocenters. The highest BCUT2D eigenvalue weighted by atomic mass is 35.5. The first kappa shape index (κ1) is 31.5. The van der Waals surface area contributed by atoms with Crippen LogP contribution in [0.25, 0.3) is 0 Å². The Morgan fingerprint density at radius 1 is 1.18 bits per heavy atom. The average Bonchev–Trinajstić information content (AvgIpc) is 2.90. The van der Waals surface area contributed by atoms with Crippen molar-refractivity contribution in [1.29, 1.82) is 0 Å². The van der Waals surface area contributed by atoms with Crippen molar-refractivity contribution in [2.75, 3.05) is 26.2 Å². The molecule has 2 heterocycles. The number of ether oxygens (including phenoxy) is 4. The van der Waals surface area contributed by atoms with Gasteiger partial charge in [-0.3, -0.25) is 9.59 Å². The molecule has 1 saturated heterocycles. The largest absolute Gasteiger partial charge is 0.495 e. The summed E-state index contributed by atoms with van der Waals surface area (Å²) in [4.78, 5) is 39.6. The number of rotatable bonds is 3. The minimum absolute atomic E-state index is 0.0931. The van der Waals surface area contributed by atoms with Gasteiger partial charge < -0.3 is 29.2 Å². The Hall–Kier alpha value is -3.04. The Morgan fingerprint density at radius 3 is 2.55 bits per heavy atom. The zero-order valence-corrected chi connectivity index (χ0v) is 25.1. The summed E-state index contributed by atoms with van der Waals surface area (Å²) in [6, 6.07) is 3.63. The molecule has 2 amide bonds. The van der Waals surface area contributed by atoms with Gasteiger partial charge in [-0.25, -0.2) is 4.79 Å². The van der Waals surface area contributed by atoms with Crippen molar-refractivity contribution in [3.05, 3.63) is 46.5 Å². The van der Waals surface area contributed by atoms with Crippen molar-refractivity contribution in [1.82, 2.24) is 5.32 Å². The monoisotopic (exact) mass is 576 g/mol. The number of carbonyl (C=O) groups excluding carboxylic acids is 3. The van der Waals surface area contributed by atoms with Gasteiger partial charge in [-0.05, 0) is 37.5 Å². The van der Waals surface area contributed by atoms with Crippen molar-refractivity contribution >= 4 is 35.3 Å². The molecule has 2 aliphatic heterocycles. The Labute approximate surface area is 241 Å². The van der Waals surface area contributed by atoms with Crippen LogP contribution in [0.2, 0.25) is 5.02 Å². The number of nitrogens with zero attached hydrogens (tertiary/aromatic N) is 1. The number of amides is 2. The number of carbonyl (C=O) groups is 3. The predicted molar refractivity (Wildman–Crippen MR) is 154 cm³/mol. The van der Waals surface area contributed by atoms with E-state index >= 15 is 0 Å². The van der Waals surface area contributed by atoms with Gasteiger partial charge in [0.1, 0.15) is 23.0 Å². The molecule has 1 aromatic carbocycles. The second-order valence-corrected chi connectivity index (χ2v) is 11.1. The predicted octanol–water partition coefficient (Wildman–Crippen LogP) is 5.24. The molecule has 10 heteroatoms. The van der Waals surface area contributed by atoms with Crippen molar-refractivity contribution < 1.29 is 33.3 Å². The van der Waals surface area contributed by atoms with Gasteiger partial charge >= 0.3 is 12.1 Å². The maximum atomic E-state index is 13.6. The molecule has 3 rings (SSSR count). The number of esters is 1. The Bertz CT molecular complexity index is 1150. The molecule has 1 fully saturated rings. The van der Waals surface area contributed by atoms with Crippen LogP contribution in [0.1, 0.15) is 52.5 Å². The fourth-order valence-electron chi connectivity index (χ4n) is 5.51. The van der Waals surface area contributed by atoms with Gasteiger partial charge in [-0.2, -0.15) is 0 Å². The lowest BCUT2D eigenvalue weighted by Crippen LogP contribution is -2.51. The summed E-state index contributed by atoms with van der Waals surface area (Å²) in [6.45, 7) is 7.16. The molecule has 4 bridgehead atoms. The fourth-order valence-corrected chi connectivity index (χ4v) is 5.83. The Kier molecular flexibility index (Phi) is 11.0. The van der Waals surface area contributed by atoms with E-state index in [0.29, 0.717) is 35.7 Å². The number of allylic oxidation sites excluding steroid dienone is 3. The van der Waals surface area contributed by atoms with Crippen LogP contribution >= 0.6 is 11.6 Å². The van der Waals surface area contributed by atoms with Crippen LogP contribution in [0.3, 0.4) is 0 Å². The average molecular weight is 577 g/mol. The number of nitrogens with one attached hydrogen (secondary N) is 1. The van der Waals surface area contributed by atoms with E-state index in [2.05, 4.69) is 5.32 Å². The molecule has 0 aliphatic carbocycles. The molecule has 220 valence electrons. The van der Waals surface area contributed by atoms with Gasteiger partial charge in [0, 0.05) is 45.4 Å². The summed E-state index contributed by atoms with van der Waals surface area (Å²) in [6.07, 6.45) is 5.66. The SMILES string of the molecule is COc1cc2cc(c1Cl)N(C)C(=O)CC(OC(C)=O)C(C)C(OC)C(C)C1CC(C/C=C/C=C(\C)C2)NC(=O)O1. The van der Waals surface area contributed by atoms with Crippen LogP contribution in [0.5, 0.6) is 5.75 Å².